The van der Waals surface area contributed by atoms with Crippen LogP contribution >= 0.6 is 0 Å². The lowest BCUT2D eigenvalue weighted by Crippen LogP contribution is -1.95. The van der Waals surface area contributed by atoms with Crippen LogP contribution in [-0.4, -0.2) is 11.1 Å². The van der Waals surface area contributed by atoms with E-state index in [9.17, 15) is 4.79 Å². The summed E-state index contributed by atoms with van der Waals surface area (Å²) in [6, 6.07) is 15.6. The van der Waals surface area contributed by atoms with E-state index in [4.69, 9.17) is 5.11 Å². The van der Waals surface area contributed by atoms with Gasteiger partial charge in [0.2, 0.25) is 0 Å². The molecule has 0 heterocycles. The van der Waals surface area contributed by atoms with Crippen molar-refractivity contribution in [3.8, 4) is 11.1 Å². The Hall–Kier alpha value is -2.09. The summed E-state index contributed by atoms with van der Waals surface area (Å²) >= 11 is 0. The highest BCUT2D eigenvalue weighted by Gasteiger charge is 2.06. The Morgan fingerprint density at radius 2 is 1.52 bits per heavy atom. The van der Waals surface area contributed by atoms with Gasteiger partial charge in [-0.1, -0.05) is 63.1 Å². The standard InChI is InChI=1S/C19H22O2/c1-3-4-5-14(2)15-6-8-16(9-7-15)17-10-12-18(13-11-17)19(20)21/h6-14H,3-5H2,1-2H3,(H,20,21). The van der Waals surface area contributed by atoms with Gasteiger partial charge in [-0.25, -0.2) is 4.79 Å². The van der Waals surface area contributed by atoms with Crippen LogP contribution in [0.15, 0.2) is 48.5 Å². The summed E-state index contributed by atoms with van der Waals surface area (Å²) in [5.41, 5.74) is 3.86. The summed E-state index contributed by atoms with van der Waals surface area (Å²) in [5, 5.41) is 8.91. The van der Waals surface area contributed by atoms with Crippen LogP contribution in [0.25, 0.3) is 11.1 Å². The highest BCUT2D eigenvalue weighted by molar-refractivity contribution is 5.88. The molecule has 2 rings (SSSR count). The van der Waals surface area contributed by atoms with Gasteiger partial charge in [0, 0.05) is 0 Å². The fourth-order valence-electron chi connectivity index (χ4n) is 2.49. The molecule has 0 bridgehead atoms. The zero-order chi connectivity index (χ0) is 15.2. The number of unbranched alkanes of at least 4 members (excludes halogenated alkanes) is 1. The van der Waals surface area contributed by atoms with Crippen LogP contribution in [0.5, 0.6) is 0 Å². The summed E-state index contributed by atoms with van der Waals surface area (Å²) in [7, 11) is 0. The largest absolute Gasteiger partial charge is 0.478 e. The van der Waals surface area contributed by atoms with Crippen molar-refractivity contribution in [1.29, 1.82) is 0 Å². The molecule has 2 aromatic rings. The molecule has 0 spiro atoms. The van der Waals surface area contributed by atoms with Gasteiger partial charge in [-0.15, -0.1) is 0 Å². The van der Waals surface area contributed by atoms with Crippen molar-refractivity contribution < 1.29 is 9.90 Å². The molecule has 1 N–H and O–H groups in total. The zero-order valence-corrected chi connectivity index (χ0v) is 12.7. The van der Waals surface area contributed by atoms with E-state index in [1.165, 1.54) is 24.8 Å². The van der Waals surface area contributed by atoms with Gasteiger partial charge in [-0.2, -0.15) is 0 Å². The van der Waals surface area contributed by atoms with E-state index in [-0.39, 0.29) is 0 Å². The van der Waals surface area contributed by atoms with Gasteiger partial charge in [0.05, 0.1) is 5.56 Å². The number of carboxylic acid groups (broad SMARTS) is 1. The van der Waals surface area contributed by atoms with E-state index >= 15 is 0 Å². The van der Waals surface area contributed by atoms with Gasteiger partial charge >= 0.3 is 5.97 Å². The average molecular weight is 282 g/mol. The summed E-state index contributed by atoms with van der Waals surface area (Å²) in [4.78, 5) is 10.9. The Morgan fingerprint density at radius 1 is 1.00 bits per heavy atom. The normalized spacial score (nSPS) is 12.1. The number of hydrogen-bond donors (Lipinski definition) is 1. The lowest BCUT2D eigenvalue weighted by molar-refractivity contribution is 0.0697. The third kappa shape index (κ3) is 3.94. The van der Waals surface area contributed by atoms with E-state index < -0.39 is 5.97 Å². The minimum Gasteiger partial charge on any atom is -0.478 e. The first-order valence-electron chi connectivity index (χ1n) is 7.55. The summed E-state index contributed by atoms with van der Waals surface area (Å²) in [6.07, 6.45) is 3.72. The summed E-state index contributed by atoms with van der Waals surface area (Å²) < 4.78 is 0. The van der Waals surface area contributed by atoms with Gasteiger partial charge in [-0.05, 0) is 41.2 Å². The Kier molecular flexibility index (Phi) is 5.15. The predicted molar refractivity (Wildman–Crippen MR) is 86.8 cm³/mol. The SMILES string of the molecule is CCCCC(C)c1ccc(-c2ccc(C(=O)O)cc2)cc1. The highest BCUT2D eigenvalue weighted by atomic mass is 16.4. The minimum atomic E-state index is -0.887. The van der Waals surface area contributed by atoms with E-state index in [2.05, 4.69) is 38.1 Å². The van der Waals surface area contributed by atoms with E-state index in [0.717, 1.165) is 11.1 Å². The van der Waals surface area contributed by atoms with Gasteiger partial charge in [0.1, 0.15) is 0 Å². The molecule has 0 saturated heterocycles. The zero-order valence-electron chi connectivity index (χ0n) is 12.7. The molecule has 0 radical (unpaired) electrons. The maximum absolute atomic E-state index is 10.9. The molecule has 110 valence electrons. The number of aromatic carboxylic acids is 1. The average Bonchev–Trinajstić information content (AvgIpc) is 2.53. The third-order valence-corrected chi connectivity index (χ3v) is 3.94. The van der Waals surface area contributed by atoms with Crippen LogP contribution in [0.2, 0.25) is 0 Å². The smallest absolute Gasteiger partial charge is 0.335 e. The monoisotopic (exact) mass is 282 g/mol. The van der Waals surface area contributed by atoms with Crippen molar-refractivity contribution in [3.63, 3.8) is 0 Å². The molecule has 0 aliphatic heterocycles. The maximum atomic E-state index is 10.9. The van der Waals surface area contributed by atoms with E-state index in [1.54, 1.807) is 12.1 Å². The van der Waals surface area contributed by atoms with Crippen LogP contribution in [-0.2, 0) is 0 Å². The van der Waals surface area contributed by atoms with E-state index in [0.29, 0.717) is 11.5 Å². The second kappa shape index (κ2) is 7.07. The number of carboxylic acids is 1. The van der Waals surface area contributed by atoms with Crippen molar-refractivity contribution >= 4 is 5.97 Å². The molecule has 2 heteroatoms. The van der Waals surface area contributed by atoms with Crippen LogP contribution in [0.3, 0.4) is 0 Å². The van der Waals surface area contributed by atoms with Gasteiger partial charge in [0.25, 0.3) is 0 Å². The molecule has 0 aliphatic rings. The predicted octanol–water partition coefficient (Wildman–Crippen LogP) is 5.35. The van der Waals surface area contributed by atoms with Crippen LogP contribution < -0.4 is 0 Å². The first kappa shape index (κ1) is 15.3. The van der Waals surface area contributed by atoms with E-state index in [1.807, 2.05) is 12.1 Å². The molecule has 1 atom stereocenters. The first-order valence-corrected chi connectivity index (χ1v) is 7.55. The third-order valence-electron chi connectivity index (χ3n) is 3.94. The van der Waals surface area contributed by atoms with Crippen LogP contribution in [0, 0.1) is 0 Å². The fourth-order valence-corrected chi connectivity index (χ4v) is 2.49. The van der Waals surface area contributed by atoms with Crippen molar-refractivity contribution in [3.05, 3.63) is 59.7 Å². The van der Waals surface area contributed by atoms with Gasteiger partial charge < -0.3 is 5.11 Å². The molecule has 1 unspecified atom stereocenters. The molecular formula is C19H22O2. The lowest BCUT2D eigenvalue weighted by Gasteiger charge is -2.12. The molecule has 0 saturated carbocycles. The molecule has 0 aliphatic carbocycles. The number of rotatable bonds is 6. The highest BCUT2D eigenvalue weighted by Crippen LogP contribution is 2.25. The first-order chi connectivity index (χ1) is 10.1. The van der Waals surface area contributed by atoms with Crippen molar-refractivity contribution in [2.45, 2.75) is 39.0 Å². The molecule has 2 aromatic carbocycles. The van der Waals surface area contributed by atoms with Crippen LogP contribution in [0.4, 0.5) is 0 Å². The second-order valence-electron chi connectivity index (χ2n) is 5.55. The van der Waals surface area contributed by atoms with Crippen LogP contribution in [0.1, 0.15) is 54.9 Å². The molecular weight excluding hydrogens is 260 g/mol. The topological polar surface area (TPSA) is 37.3 Å². The summed E-state index contributed by atoms with van der Waals surface area (Å²) in [5.74, 6) is -0.296. The Labute approximate surface area is 126 Å². The maximum Gasteiger partial charge on any atom is 0.335 e. The minimum absolute atomic E-state index is 0.323. The molecule has 0 fully saturated rings. The summed E-state index contributed by atoms with van der Waals surface area (Å²) in [6.45, 7) is 4.49. The molecule has 21 heavy (non-hydrogen) atoms. The van der Waals surface area contributed by atoms with Crippen molar-refractivity contribution in [2.24, 2.45) is 0 Å². The Balaban J connectivity index is 2.13. The quantitative estimate of drug-likeness (QED) is 0.776. The van der Waals surface area contributed by atoms with Gasteiger partial charge in [0.15, 0.2) is 0 Å². The fraction of sp³-hybridized carbons (Fsp3) is 0.316. The second-order valence-corrected chi connectivity index (χ2v) is 5.55. The van der Waals surface area contributed by atoms with Crippen molar-refractivity contribution in [2.75, 3.05) is 0 Å². The van der Waals surface area contributed by atoms with Crippen molar-refractivity contribution in [1.82, 2.24) is 0 Å². The molecule has 0 aromatic heterocycles. The lowest BCUT2D eigenvalue weighted by atomic mass is 9.93. The Bertz CT molecular complexity index is 582. The number of benzene rings is 2. The number of carbonyl (C=O) groups is 1. The van der Waals surface area contributed by atoms with Gasteiger partial charge in [-0.3, -0.25) is 0 Å². The molecule has 0 amide bonds. The molecule has 2 nitrogen and oxygen atoms in total. The Morgan fingerprint density at radius 3 is 2.00 bits per heavy atom. The number of hydrogen-bond acceptors (Lipinski definition) is 1.